The Morgan fingerprint density at radius 1 is 1.11 bits per heavy atom. The van der Waals surface area contributed by atoms with E-state index in [1.165, 1.54) is 12.1 Å². The summed E-state index contributed by atoms with van der Waals surface area (Å²) in [6.07, 6.45) is -5.59. The summed E-state index contributed by atoms with van der Waals surface area (Å²) in [5.41, 5.74) is -0.991. The molecular formula is C16H9F6N3O3. The Hall–Kier alpha value is -3.31. The number of benzene rings is 1. The second kappa shape index (κ2) is 7.74. The number of alkyl halides is 5. The lowest BCUT2D eigenvalue weighted by atomic mass is 10.1. The molecule has 6 nitrogen and oxygen atoms in total. The lowest BCUT2D eigenvalue weighted by Gasteiger charge is -2.10. The van der Waals surface area contributed by atoms with Crippen LogP contribution in [0, 0.1) is 5.82 Å². The van der Waals surface area contributed by atoms with Crippen molar-refractivity contribution in [3.63, 3.8) is 0 Å². The molecule has 0 bridgehead atoms. The Morgan fingerprint density at radius 3 is 2.43 bits per heavy atom. The van der Waals surface area contributed by atoms with Gasteiger partial charge in [0.15, 0.2) is 18.1 Å². The summed E-state index contributed by atoms with van der Waals surface area (Å²) < 4.78 is 90.4. The van der Waals surface area contributed by atoms with Gasteiger partial charge in [-0.2, -0.15) is 23.1 Å². The van der Waals surface area contributed by atoms with Crippen molar-refractivity contribution in [1.82, 2.24) is 15.1 Å². The van der Waals surface area contributed by atoms with Gasteiger partial charge in [-0.3, -0.25) is 0 Å². The minimum absolute atomic E-state index is 0.180. The molecule has 148 valence electrons. The Labute approximate surface area is 152 Å². The first kappa shape index (κ1) is 19.5. The molecule has 0 amide bonds. The van der Waals surface area contributed by atoms with Crippen LogP contribution in [0.2, 0.25) is 0 Å². The summed E-state index contributed by atoms with van der Waals surface area (Å²) in [7, 11) is 0. The van der Waals surface area contributed by atoms with Crippen LogP contribution in [-0.4, -0.2) is 27.9 Å². The average molecular weight is 405 g/mol. The fraction of sp³-hybridized carbons (Fsp3) is 0.188. The molecule has 0 unspecified atom stereocenters. The Bertz CT molecular complexity index is 944. The lowest BCUT2D eigenvalue weighted by molar-refractivity contribution is -0.153. The third-order valence-corrected chi connectivity index (χ3v) is 3.18. The SMILES string of the molecule is Fc1cccc(Oc2ncc(OCC(F)(F)F)cn2)c1-c1cc(C(F)F)no1. The van der Waals surface area contributed by atoms with E-state index >= 15 is 0 Å². The first-order valence-corrected chi connectivity index (χ1v) is 7.46. The van der Waals surface area contributed by atoms with Gasteiger partial charge in [0.25, 0.3) is 6.43 Å². The van der Waals surface area contributed by atoms with E-state index in [4.69, 9.17) is 9.26 Å². The molecule has 0 saturated heterocycles. The number of halogens is 6. The number of ether oxygens (including phenoxy) is 2. The largest absolute Gasteiger partial charge is 0.481 e. The number of nitrogens with zero attached hydrogens (tertiary/aromatic N) is 3. The molecule has 0 aliphatic carbocycles. The van der Waals surface area contributed by atoms with Crippen molar-refractivity contribution in [1.29, 1.82) is 0 Å². The van der Waals surface area contributed by atoms with E-state index in [2.05, 4.69) is 19.9 Å². The lowest BCUT2D eigenvalue weighted by Crippen LogP contribution is -2.19. The third-order valence-electron chi connectivity index (χ3n) is 3.18. The van der Waals surface area contributed by atoms with Gasteiger partial charge in [-0.25, -0.2) is 13.2 Å². The zero-order valence-corrected chi connectivity index (χ0v) is 13.6. The summed E-state index contributed by atoms with van der Waals surface area (Å²) >= 11 is 0. The van der Waals surface area contributed by atoms with Crippen LogP contribution in [0.15, 0.2) is 41.2 Å². The minimum Gasteiger partial charge on any atom is -0.481 e. The average Bonchev–Trinajstić information content (AvgIpc) is 3.10. The van der Waals surface area contributed by atoms with E-state index in [1.807, 2.05) is 0 Å². The number of hydrogen-bond acceptors (Lipinski definition) is 6. The Morgan fingerprint density at radius 2 is 1.82 bits per heavy atom. The van der Waals surface area contributed by atoms with Crippen LogP contribution >= 0.6 is 0 Å². The van der Waals surface area contributed by atoms with Crippen molar-refractivity contribution in [2.75, 3.05) is 6.61 Å². The maximum Gasteiger partial charge on any atom is 0.422 e. The second-order valence-electron chi connectivity index (χ2n) is 5.24. The summed E-state index contributed by atoms with van der Waals surface area (Å²) in [5, 5.41) is 3.15. The number of rotatable bonds is 6. The van der Waals surface area contributed by atoms with Gasteiger partial charge in [0.05, 0.1) is 18.0 Å². The second-order valence-corrected chi connectivity index (χ2v) is 5.24. The van der Waals surface area contributed by atoms with Crippen molar-refractivity contribution in [3.8, 4) is 28.8 Å². The molecule has 0 spiro atoms. The molecule has 0 aliphatic rings. The van der Waals surface area contributed by atoms with Crippen molar-refractivity contribution >= 4 is 0 Å². The molecule has 28 heavy (non-hydrogen) atoms. The van der Waals surface area contributed by atoms with Crippen molar-refractivity contribution in [2.24, 2.45) is 0 Å². The van der Waals surface area contributed by atoms with Crippen molar-refractivity contribution in [3.05, 3.63) is 48.2 Å². The molecule has 1 aromatic carbocycles. The smallest absolute Gasteiger partial charge is 0.422 e. The van der Waals surface area contributed by atoms with E-state index < -0.39 is 30.7 Å². The van der Waals surface area contributed by atoms with Gasteiger partial charge in [-0.05, 0) is 12.1 Å². The van der Waals surface area contributed by atoms with Crippen LogP contribution in [0.3, 0.4) is 0 Å². The molecule has 0 aliphatic heterocycles. The van der Waals surface area contributed by atoms with Crippen LogP contribution < -0.4 is 9.47 Å². The fourth-order valence-corrected chi connectivity index (χ4v) is 2.03. The molecule has 0 radical (unpaired) electrons. The standard InChI is InChI=1S/C16H9F6N3O3/c17-9-2-1-3-11(13(9)12-4-10(14(18)19)25-28-12)27-15-23-5-8(6-24-15)26-7-16(20,21)22/h1-6,14H,7H2. The number of hydrogen-bond donors (Lipinski definition) is 0. The molecule has 0 fully saturated rings. The Balaban J connectivity index is 1.82. The first-order valence-electron chi connectivity index (χ1n) is 7.46. The van der Waals surface area contributed by atoms with Gasteiger partial charge in [-0.1, -0.05) is 11.2 Å². The van der Waals surface area contributed by atoms with Crippen LogP contribution in [0.4, 0.5) is 26.3 Å². The van der Waals surface area contributed by atoms with Gasteiger partial charge in [-0.15, -0.1) is 0 Å². The highest BCUT2D eigenvalue weighted by molar-refractivity contribution is 5.67. The van der Waals surface area contributed by atoms with Gasteiger partial charge in [0.1, 0.15) is 17.3 Å². The zero-order valence-electron chi connectivity index (χ0n) is 13.6. The van der Waals surface area contributed by atoms with Gasteiger partial charge >= 0.3 is 12.2 Å². The van der Waals surface area contributed by atoms with Gasteiger partial charge in [0.2, 0.25) is 0 Å². The van der Waals surface area contributed by atoms with Crippen LogP contribution in [-0.2, 0) is 0 Å². The molecule has 12 heteroatoms. The molecular weight excluding hydrogens is 396 g/mol. The summed E-state index contributed by atoms with van der Waals surface area (Å²) in [5.74, 6) is -1.60. The fourth-order valence-electron chi connectivity index (χ4n) is 2.03. The third kappa shape index (κ3) is 4.69. The monoisotopic (exact) mass is 405 g/mol. The van der Waals surface area contributed by atoms with Crippen molar-refractivity contribution < 1.29 is 40.3 Å². The molecule has 3 rings (SSSR count). The van der Waals surface area contributed by atoms with E-state index in [-0.39, 0.29) is 28.8 Å². The summed E-state index contributed by atoms with van der Waals surface area (Å²) in [4.78, 5) is 7.32. The predicted octanol–water partition coefficient (Wildman–Crippen LogP) is 4.94. The topological polar surface area (TPSA) is 70.3 Å². The van der Waals surface area contributed by atoms with E-state index in [9.17, 15) is 26.3 Å². The molecule has 0 saturated carbocycles. The Kier molecular flexibility index (Phi) is 5.38. The highest BCUT2D eigenvalue weighted by Gasteiger charge is 2.28. The van der Waals surface area contributed by atoms with Crippen LogP contribution in [0.1, 0.15) is 12.1 Å². The van der Waals surface area contributed by atoms with Crippen LogP contribution in [0.5, 0.6) is 17.5 Å². The molecule has 2 heterocycles. The van der Waals surface area contributed by atoms with Crippen LogP contribution in [0.25, 0.3) is 11.3 Å². The van der Waals surface area contributed by atoms with Gasteiger partial charge in [0, 0.05) is 6.07 Å². The molecule has 3 aromatic rings. The summed E-state index contributed by atoms with van der Waals surface area (Å²) in [6.45, 7) is -1.53. The van der Waals surface area contributed by atoms with Gasteiger partial charge < -0.3 is 14.0 Å². The first-order chi connectivity index (χ1) is 13.2. The highest BCUT2D eigenvalue weighted by Crippen LogP contribution is 2.36. The van der Waals surface area contributed by atoms with E-state index in [0.717, 1.165) is 24.5 Å². The zero-order chi connectivity index (χ0) is 20.3. The van der Waals surface area contributed by atoms with E-state index in [0.29, 0.717) is 0 Å². The van der Waals surface area contributed by atoms with E-state index in [1.54, 1.807) is 0 Å². The maximum atomic E-state index is 14.2. The quantitative estimate of drug-likeness (QED) is 0.541. The predicted molar refractivity (Wildman–Crippen MR) is 80.5 cm³/mol. The molecule has 0 atom stereocenters. The normalized spacial score (nSPS) is 11.7. The highest BCUT2D eigenvalue weighted by atomic mass is 19.4. The molecule has 0 N–H and O–H groups in total. The number of aromatic nitrogens is 3. The van der Waals surface area contributed by atoms with Crippen molar-refractivity contribution in [2.45, 2.75) is 12.6 Å². The molecule has 2 aromatic heterocycles. The maximum absolute atomic E-state index is 14.2. The minimum atomic E-state index is -4.53. The summed E-state index contributed by atoms with van der Waals surface area (Å²) in [6, 6.07) is 4.12.